The van der Waals surface area contributed by atoms with Crippen molar-refractivity contribution in [1.82, 2.24) is 0 Å². The molecular formula is C12H17N. The van der Waals surface area contributed by atoms with Crippen LogP contribution >= 0.6 is 0 Å². The lowest BCUT2D eigenvalue weighted by molar-refractivity contribution is 0.598. The molecule has 0 saturated heterocycles. The molecule has 1 saturated carbocycles. The van der Waals surface area contributed by atoms with Gasteiger partial charge in [0.2, 0.25) is 0 Å². The van der Waals surface area contributed by atoms with Gasteiger partial charge in [-0.05, 0) is 23.5 Å². The van der Waals surface area contributed by atoms with Crippen molar-refractivity contribution in [2.24, 2.45) is 11.1 Å². The first kappa shape index (κ1) is 8.76. The topological polar surface area (TPSA) is 26.0 Å². The normalized spacial score (nSPS) is 30.2. The lowest BCUT2D eigenvalue weighted by Gasteiger charge is -2.05. The molecule has 0 aromatic heterocycles. The molecule has 1 heteroatoms. The van der Waals surface area contributed by atoms with Gasteiger partial charge in [0.1, 0.15) is 0 Å². The van der Waals surface area contributed by atoms with E-state index in [0.29, 0.717) is 17.4 Å². The number of hydrogen-bond acceptors (Lipinski definition) is 1. The summed E-state index contributed by atoms with van der Waals surface area (Å²) in [5.74, 6) is 0.564. The van der Waals surface area contributed by atoms with Crippen LogP contribution < -0.4 is 5.73 Å². The van der Waals surface area contributed by atoms with Gasteiger partial charge in [0.25, 0.3) is 0 Å². The number of aryl methyl sites for hydroxylation is 1. The Balaban J connectivity index is 2.34. The zero-order chi connectivity index (χ0) is 9.64. The van der Waals surface area contributed by atoms with E-state index in [1.54, 1.807) is 0 Å². The first-order valence-electron chi connectivity index (χ1n) is 4.86. The van der Waals surface area contributed by atoms with Crippen molar-refractivity contribution in [3.05, 3.63) is 35.4 Å². The van der Waals surface area contributed by atoms with E-state index in [2.05, 4.69) is 45.0 Å². The second kappa shape index (κ2) is 2.58. The molecule has 1 aromatic carbocycles. The number of hydrogen-bond donors (Lipinski definition) is 1. The van der Waals surface area contributed by atoms with Gasteiger partial charge < -0.3 is 5.73 Å². The van der Waals surface area contributed by atoms with Crippen LogP contribution in [0.4, 0.5) is 0 Å². The Morgan fingerprint density at radius 1 is 1.23 bits per heavy atom. The maximum absolute atomic E-state index is 6.05. The number of nitrogens with two attached hydrogens (primary N) is 1. The molecule has 1 aliphatic rings. The second-order valence-corrected chi connectivity index (χ2v) is 4.68. The van der Waals surface area contributed by atoms with E-state index in [1.807, 2.05) is 0 Å². The number of benzene rings is 1. The predicted molar refractivity (Wildman–Crippen MR) is 55.7 cm³/mol. The van der Waals surface area contributed by atoms with Crippen molar-refractivity contribution in [1.29, 1.82) is 0 Å². The number of rotatable bonds is 1. The molecule has 1 aromatic rings. The van der Waals surface area contributed by atoms with Crippen LogP contribution in [0.15, 0.2) is 24.3 Å². The van der Waals surface area contributed by atoms with Crippen molar-refractivity contribution in [3.63, 3.8) is 0 Å². The summed E-state index contributed by atoms with van der Waals surface area (Å²) in [4.78, 5) is 0. The van der Waals surface area contributed by atoms with Crippen molar-refractivity contribution in [2.75, 3.05) is 0 Å². The highest BCUT2D eigenvalue weighted by Gasteiger charge is 2.56. The lowest BCUT2D eigenvalue weighted by Crippen LogP contribution is -2.06. The summed E-state index contributed by atoms with van der Waals surface area (Å²) in [5, 5.41) is 0. The smallest absolute Gasteiger partial charge is 0.0172 e. The summed E-state index contributed by atoms with van der Waals surface area (Å²) in [6, 6.07) is 8.89. The lowest BCUT2D eigenvalue weighted by atomic mass is 9.99. The van der Waals surface area contributed by atoms with Gasteiger partial charge in [0, 0.05) is 12.0 Å². The van der Waals surface area contributed by atoms with E-state index >= 15 is 0 Å². The summed E-state index contributed by atoms with van der Waals surface area (Å²) in [6.07, 6.45) is 0. The molecule has 0 bridgehead atoms. The first-order chi connectivity index (χ1) is 6.05. The van der Waals surface area contributed by atoms with Gasteiger partial charge in [-0.1, -0.05) is 38.1 Å². The highest BCUT2D eigenvalue weighted by molar-refractivity contribution is 5.39. The summed E-state index contributed by atoms with van der Waals surface area (Å²) in [6.45, 7) is 6.65. The van der Waals surface area contributed by atoms with E-state index in [4.69, 9.17) is 5.73 Å². The second-order valence-electron chi connectivity index (χ2n) is 4.68. The molecule has 2 N–H and O–H groups in total. The summed E-state index contributed by atoms with van der Waals surface area (Å²) < 4.78 is 0. The molecule has 13 heavy (non-hydrogen) atoms. The third kappa shape index (κ3) is 1.19. The SMILES string of the molecule is Cc1ccccc1[C@H]1[C@H](N)C1(C)C. The molecule has 1 nitrogen and oxygen atoms in total. The average Bonchev–Trinajstić information content (AvgIpc) is 2.54. The van der Waals surface area contributed by atoms with Crippen molar-refractivity contribution >= 4 is 0 Å². The van der Waals surface area contributed by atoms with Crippen LogP contribution in [0.3, 0.4) is 0 Å². The molecule has 2 rings (SSSR count). The first-order valence-corrected chi connectivity index (χ1v) is 4.86. The maximum Gasteiger partial charge on any atom is 0.0172 e. The van der Waals surface area contributed by atoms with E-state index < -0.39 is 0 Å². The van der Waals surface area contributed by atoms with Crippen LogP contribution in [0.2, 0.25) is 0 Å². The van der Waals surface area contributed by atoms with Gasteiger partial charge in [-0.3, -0.25) is 0 Å². The zero-order valence-electron chi connectivity index (χ0n) is 8.54. The Morgan fingerprint density at radius 2 is 1.77 bits per heavy atom. The molecule has 70 valence electrons. The van der Waals surface area contributed by atoms with E-state index in [1.165, 1.54) is 11.1 Å². The molecule has 1 fully saturated rings. The Kier molecular flexibility index (Phi) is 1.74. The molecule has 0 heterocycles. The Morgan fingerprint density at radius 3 is 2.23 bits per heavy atom. The van der Waals surface area contributed by atoms with E-state index in [9.17, 15) is 0 Å². The minimum Gasteiger partial charge on any atom is -0.327 e. The van der Waals surface area contributed by atoms with Gasteiger partial charge in [-0.25, -0.2) is 0 Å². The molecule has 2 atom stereocenters. The Labute approximate surface area is 80.0 Å². The predicted octanol–water partition coefficient (Wildman–Crippen LogP) is 2.45. The molecule has 0 spiro atoms. The fraction of sp³-hybridized carbons (Fsp3) is 0.500. The molecule has 0 unspecified atom stereocenters. The zero-order valence-corrected chi connectivity index (χ0v) is 8.54. The monoisotopic (exact) mass is 175 g/mol. The molecule has 0 radical (unpaired) electrons. The maximum atomic E-state index is 6.05. The van der Waals surface area contributed by atoms with Gasteiger partial charge in [-0.2, -0.15) is 0 Å². The molecule has 0 aliphatic heterocycles. The van der Waals surface area contributed by atoms with Gasteiger partial charge in [-0.15, -0.1) is 0 Å². The Hall–Kier alpha value is -0.820. The highest BCUT2D eigenvalue weighted by atomic mass is 14.8. The third-order valence-corrected chi connectivity index (χ3v) is 3.43. The van der Waals surface area contributed by atoms with Crippen molar-refractivity contribution < 1.29 is 0 Å². The third-order valence-electron chi connectivity index (χ3n) is 3.43. The summed E-state index contributed by atoms with van der Waals surface area (Å²) in [7, 11) is 0. The van der Waals surface area contributed by atoms with Crippen LogP contribution in [-0.2, 0) is 0 Å². The molecular weight excluding hydrogens is 158 g/mol. The Bertz CT molecular complexity index is 328. The van der Waals surface area contributed by atoms with Gasteiger partial charge in [0.15, 0.2) is 0 Å². The quantitative estimate of drug-likeness (QED) is 0.697. The summed E-state index contributed by atoms with van der Waals surface area (Å²) >= 11 is 0. The van der Waals surface area contributed by atoms with Gasteiger partial charge >= 0.3 is 0 Å². The van der Waals surface area contributed by atoms with Crippen LogP contribution in [0.1, 0.15) is 30.9 Å². The van der Waals surface area contributed by atoms with Crippen LogP contribution in [-0.4, -0.2) is 6.04 Å². The fourth-order valence-corrected chi connectivity index (χ4v) is 2.21. The van der Waals surface area contributed by atoms with Crippen LogP contribution in [0.5, 0.6) is 0 Å². The highest BCUT2D eigenvalue weighted by Crippen LogP contribution is 2.57. The largest absolute Gasteiger partial charge is 0.327 e. The minimum atomic E-state index is 0.298. The minimum absolute atomic E-state index is 0.298. The average molecular weight is 175 g/mol. The van der Waals surface area contributed by atoms with E-state index in [0.717, 1.165) is 0 Å². The van der Waals surface area contributed by atoms with Crippen molar-refractivity contribution in [2.45, 2.75) is 32.7 Å². The van der Waals surface area contributed by atoms with Crippen LogP contribution in [0.25, 0.3) is 0 Å². The standard InChI is InChI=1S/C12H17N/c1-8-6-4-5-7-9(8)10-11(13)12(10,2)3/h4-7,10-11H,13H2,1-3H3/t10-,11-/m0/s1. The molecule has 0 amide bonds. The summed E-state index contributed by atoms with van der Waals surface area (Å²) in [5.41, 5.74) is 9.14. The van der Waals surface area contributed by atoms with Gasteiger partial charge in [0.05, 0.1) is 0 Å². The van der Waals surface area contributed by atoms with Crippen LogP contribution in [0, 0.1) is 12.3 Å². The fourth-order valence-electron chi connectivity index (χ4n) is 2.21. The van der Waals surface area contributed by atoms with E-state index in [-0.39, 0.29) is 0 Å². The van der Waals surface area contributed by atoms with Crippen molar-refractivity contribution in [3.8, 4) is 0 Å². The molecule has 1 aliphatic carbocycles.